The second kappa shape index (κ2) is 3.33. The molecule has 0 aromatic heterocycles. The Kier molecular flexibility index (Phi) is 2.22. The molecule has 0 unspecified atom stereocenters. The molecule has 1 aliphatic rings. The van der Waals surface area contributed by atoms with Gasteiger partial charge >= 0.3 is 11.9 Å². The summed E-state index contributed by atoms with van der Waals surface area (Å²) in [6, 6.07) is 7.06. The van der Waals surface area contributed by atoms with Gasteiger partial charge in [0.25, 0.3) is 0 Å². The van der Waals surface area contributed by atoms with E-state index in [1.165, 1.54) is 0 Å². The molecule has 0 amide bonds. The molecular formula is C12H12O4. The van der Waals surface area contributed by atoms with Crippen LogP contribution < -0.4 is 0 Å². The summed E-state index contributed by atoms with van der Waals surface area (Å²) in [6.07, 6.45) is 0.183. The molecule has 1 aromatic carbocycles. The maximum Gasteiger partial charge on any atom is 0.315 e. The van der Waals surface area contributed by atoms with E-state index in [9.17, 15) is 14.7 Å². The average molecular weight is 220 g/mol. The van der Waals surface area contributed by atoms with Gasteiger partial charge in [-0.1, -0.05) is 24.3 Å². The van der Waals surface area contributed by atoms with Crippen molar-refractivity contribution in [3.05, 3.63) is 35.4 Å². The number of carbonyl (C=O) groups is 2. The molecule has 0 saturated heterocycles. The highest BCUT2D eigenvalue weighted by Crippen LogP contribution is 2.55. The first-order valence-electron chi connectivity index (χ1n) is 5.02. The molecular weight excluding hydrogens is 208 g/mol. The lowest BCUT2D eigenvalue weighted by Gasteiger charge is -2.14. The lowest BCUT2D eigenvalue weighted by atomic mass is 9.90. The van der Waals surface area contributed by atoms with Gasteiger partial charge in [0.05, 0.1) is 5.92 Å². The van der Waals surface area contributed by atoms with Crippen molar-refractivity contribution in [3.8, 4) is 0 Å². The third-order valence-electron chi connectivity index (χ3n) is 3.27. The van der Waals surface area contributed by atoms with Crippen LogP contribution in [0.3, 0.4) is 0 Å². The zero-order valence-electron chi connectivity index (χ0n) is 8.80. The lowest BCUT2D eigenvalue weighted by Crippen LogP contribution is -2.26. The van der Waals surface area contributed by atoms with Crippen LogP contribution in [0.1, 0.15) is 17.5 Å². The van der Waals surface area contributed by atoms with Gasteiger partial charge in [-0.25, -0.2) is 0 Å². The van der Waals surface area contributed by atoms with E-state index >= 15 is 0 Å². The van der Waals surface area contributed by atoms with Crippen LogP contribution in [-0.2, 0) is 15.0 Å². The Morgan fingerprint density at radius 1 is 1.31 bits per heavy atom. The molecule has 84 valence electrons. The minimum absolute atomic E-state index is 0.183. The fourth-order valence-electron chi connectivity index (χ4n) is 2.28. The Balaban J connectivity index is 2.49. The molecule has 1 aromatic rings. The Bertz CT molecular complexity index is 466. The van der Waals surface area contributed by atoms with Gasteiger partial charge in [-0.05, 0) is 24.5 Å². The van der Waals surface area contributed by atoms with Crippen molar-refractivity contribution in [2.24, 2.45) is 5.92 Å². The summed E-state index contributed by atoms with van der Waals surface area (Å²) in [6.45, 7) is 1.80. The topological polar surface area (TPSA) is 74.6 Å². The minimum atomic E-state index is -1.21. The van der Waals surface area contributed by atoms with E-state index in [1.54, 1.807) is 25.1 Å². The van der Waals surface area contributed by atoms with Gasteiger partial charge < -0.3 is 10.2 Å². The quantitative estimate of drug-likeness (QED) is 0.807. The highest BCUT2D eigenvalue weighted by Gasteiger charge is 2.65. The van der Waals surface area contributed by atoms with Crippen LogP contribution in [0.15, 0.2) is 24.3 Å². The summed E-state index contributed by atoms with van der Waals surface area (Å²) in [5.74, 6) is -2.88. The van der Waals surface area contributed by atoms with E-state index in [0.717, 1.165) is 5.56 Å². The normalized spacial score (nSPS) is 27.4. The predicted octanol–water partition coefficient (Wildman–Crippen LogP) is 1.42. The van der Waals surface area contributed by atoms with Gasteiger partial charge in [0, 0.05) is 0 Å². The van der Waals surface area contributed by atoms with Crippen LogP contribution in [-0.4, -0.2) is 22.2 Å². The third-order valence-corrected chi connectivity index (χ3v) is 3.27. The molecule has 2 atom stereocenters. The number of carboxylic acids is 2. The standard InChI is InChI=1S/C12H12O4/c1-7-4-2-3-5-8(7)12(11(15)16)6-9(12)10(13)14/h2-5,9H,6H2,1H3,(H,13,14)(H,15,16)/t9-,12+/m0/s1. The summed E-state index contributed by atoms with van der Waals surface area (Å²) >= 11 is 0. The van der Waals surface area contributed by atoms with Gasteiger partial charge in [0.1, 0.15) is 5.41 Å². The third kappa shape index (κ3) is 1.30. The molecule has 0 spiro atoms. The molecule has 4 nitrogen and oxygen atoms in total. The minimum Gasteiger partial charge on any atom is -0.481 e. The summed E-state index contributed by atoms with van der Waals surface area (Å²) < 4.78 is 0. The van der Waals surface area contributed by atoms with Crippen LogP contribution in [0.2, 0.25) is 0 Å². The smallest absolute Gasteiger partial charge is 0.315 e. The number of aliphatic carboxylic acids is 2. The van der Waals surface area contributed by atoms with E-state index in [2.05, 4.69) is 0 Å². The molecule has 1 saturated carbocycles. The Hall–Kier alpha value is -1.84. The first kappa shape index (κ1) is 10.7. The molecule has 0 aliphatic heterocycles. The van der Waals surface area contributed by atoms with Gasteiger partial charge in [-0.3, -0.25) is 9.59 Å². The SMILES string of the molecule is Cc1ccccc1[C@]1(C(=O)O)C[C@H]1C(=O)O. The van der Waals surface area contributed by atoms with E-state index in [0.29, 0.717) is 5.56 Å². The van der Waals surface area contributed by atoms with E-state index < -0.39 is 23.3 Å². The monoisotopic (exact) mass is 220 g/mol. The summed E-state index contributed by atoms with van der Waals surface area (Å²) in [5, 5.41) is 18.2. The Morgan fingerprint density at radius 2 is 1.94 bits per heavy atom. The first-order valence-corrected chi connectivity index (χ1v) is 5.02. The van der Waals surface area contributed by atoms with Gasteiger partial charge in [0.2, 0.25) is 0 Å². The largest absolute Gasteiger partial charge is 0.481 e. The first-order chi connectivity index (χ1) is 7.50. The van der Waals surface area contributed by atoms with Crippen molar-refractivity contribution >= 4 is 11.9 Å². The highest BCUT2D eigenvalue weighted by molar-refractivity contribution is 5.95. The fraction of sp³-hybridized carbons (Fsp3) is 0.333. The lowest BCUT2D eigenvalue weighted by molar-refractivity contribution is -0.145. The van der Waals surface area contributed by atoms with Crippen molar-refractivity contribution in [2.45, 2.75) is 18.8 Å². The van der Waals surface area contributed by atoms with Crippen LogP contribution in [0.5, 0.6) is 0 Å². The maximum absolute atomic E-state index is 11.3. The molecule has 0 radical (unpaired) electrons. The van der Waals surface area contributed by atoms with Crippen LogP contribution in [0, 0.1) is 12.8 Å². The van der Waals surface area contributed by atoms with Crippen molar-refractivity contribution < 1.29 is 19.8 Å². The second-order valence-corrected chi connectivity index (χ2v) is 4.19. The number of rotatable bonds is 3. The average Bonchev–Trinajstić information content (AvgIpc) is 2.94. The molecule has 2 rings (SSSR count). The Labute approximate surface area is 92.5 Å². The zero-order chi connectivity index (χ0) is 11.9. The second-order valence-electron chi connectivity index (χ2n) is 4.19. The van der Waals surface area contributed by atoms with Gasteiger partial charge in [-0.2, -0.15) is 0 Å². The Morgan fingerprint density at radius 3 is 2.38 bits per heavy atom. The number of hydrogen-bond donors (Lipinski definition) is 2. The molecule has 1 fully saturated rings. The molecule has 4 heteroatoms. The summed E-state index contributed by atoms with van der Waals surface area (Å²) in [7, 11) is 0. The number of benzene rings is 1. The summed E-state index contributed by atoms with van der Waals surface area (Å²) in [5.41, 5.74) is 0.237. The van der Waals surface area contributed by atoms with Crippen LogP contribution in [0.25, 0.3) is 0 Å². The molecule has 2 N–H and O–H groups in total. The van der Waals surface area contributed by atoms with E-state index in [1.807, 2.05) is 6.07 Å². The van der Waals surface area contributed by atoms with Gasteiger partial charge in [0.15, 0.2) is 0 Å². The van der Waals surface area contributed by atoms with Crippen LogP contribution >= 0.6 is 0 Å². The van der Waals surface area contributed by atoms with Gasteiger partial charge in [-0.15, -0.1) is 0 Å². The molecule has 0 bridgehead atoms. The van der Waals surface area contributed by atoms with Crippen molar-refractivity contribution in [3.63, 3.8) is 0 Å². The molecule has 16 heavy (non-hydrogen) atoms. The van der Waals surface area contributed by atoms with E-state index in [4.69, 9.17) is 5.11 Å². The highest BCUT2D eigenvalue weighted by atomic mass is 16.4. The zero-order valence-corrected chi connectivity index (χ0v) is 8.80. The van der Waals surface area contributed by atoms with E-state index in [-0.39, 0.29) is 6.42 Å². The molecule has 1 aliphatic carbocycles. The predicted molar refractivity (Wildman–Crippen MR) is 56.2 cm³/mol. The van der Waals surface area contributed by atoms with Crippen molar-refractivity contribution in [1.82, 2.24) is 0 Å². The maximum atomic E-state index is 11.3. The summed E-state index contributed by atoms with van der Waals surface area (Å²) in [4.78, 5) is 22.2. The van der Waals surface area contributed by atoms with Crippen LogP contribution in [0.4, 0.5) is 0 Å². The number of aryl methyl sites for hydroxylation is 1. The fourth-order valence-corrected chi connectivity index (χ4v) is 2.28. The number of carboxylic acid groups (broad SMARTS) is 2. The number of hydrogen-bond acceptors (Lipinski definition) is 2. The van der Waals surface area contributed by atoms with Crippen molar-refractivity contribution in [1.29, 1.82) is 0 Å². The molecule has 0 heterocycles. The van der Waals surface area contributed by atoms with Crippen molar-refractivity contribution in [2.75, 3.05) is 0 Å².